The number of carbonyl (C=O) groups is 1. The highest BCUT2D eigenvalue weighted by molar-refractivity contribution is 5.88. The molecule has 76 valence electrons. The molecule has 2 aromatic rings. The van der Waals surface area contributed by atoms with Crippen LogP contribution in [0.2, 0.25) is 0 Å². The van der Waals surface area contributed by atoms with Crippen molar-refractivity contribution in [3.63, 3.8) is 0 Å². The molecular formula is C13H13NO. The van der Waals surface area contributed by atoms with Crippen LogP contribution in [0.15, 0.2) is 36.4 Å². The Morgan fingerprint density at radius 3 is 2.60 bits per heavy atom. The fraction of sp³-hybridized carbons (Fsp3) is 0.154. The van der Waals surface area contributed by atoms with Crippen LogP contribution >= 0.6 is 0 Å². The zero-order chi connectivity index (χ0) is 10.7. The predicted octanol–water partition coefficient (Wildman–Crippen LogP) is 2.39. The van der Waals surface area contributed by atoms with Gasteiger partial charge < -0.3 is 5.32 Å². The van der Waals surface area contributed by atoms with Gasteiger partial charge in [0.15, 0.2) is 0 Å². The number of hydrogen-bond donors (Lipinski definition) is 1. The van der Waals surface area contributed by atoms with E-state index in [2.05, 4.69) is 36.5 Å². The van der Waals surface area contributed by atoms with Crippen LogP contribution in [0.5, 0.6) is 0 Å². The van der Waals surface area contributed by atoms with Gasteiger partial charge in [0.2, 0.25) is 6.41 Å². The highest BCUT2D eigenvalue weighted by atomic mass is 16.1. The average Bonchev–Trinajstić information content (AvgIpc) is 2.29. The van der Waals surface area contributed by atoms with Gasteiger partial charge in [0, 0.05) is 6.54 Å². The normalized spacial score (nSPS) is 10.2. The smallest absolute Gasteiger partial charge is 0.207 e. The maximum atomic E-state index is 10.3. The van der Waals surface area contributed by atoms with E-state index in [1.165, 1.54) is 16.3 Å². The maximum absolute atomic E-state index is 10.3. The molecule has 1 N–H and O–H groups in total. The Balaban J connectivity index is 2.56. The molecule has 0 unspecified atom stereocenters. The van der Waals surface area contributed by atoms with Crippen LogP contribution in [-0.2, 0) is 11.3 Å². The molecule has 0 aromatic heterocycles. The molecule has 0 atom stereocenters. The minimum Gasteiger partial charge on any atom is -0.355 e. The van der Waals surface area contributed by atoms with Crippen molar-refractivity contribution in [3.05, 3.63) is 47.5 Å². The van der Waals surface area contributed by atoms with E-state index in [1.54, 1.807) is 0 Å². The fourth-order valence-corrected chi connectivity index (χ4v) is 1.82. The first-order valence-corrected chi connectivity index (χ1v) is 4.97. The SMILES string of the molecule is Cc1ccc(CNC=O)c2ccccc12. The molecule has 0 bridgehead atoms. The van der Waals surface area contributed by atoms with Gasteiger partial charge in [-0.25, -0.2) is 0 Å². The van der Waals surface area contributed by atoms with Crippen LogP contribution < -0.4 is 5.32 Å². The summed E-state index contributed by atoms with van der Waals surface area (Å²) >= 11 is 0. The van der Waals surface area contributed by atoms with Gasteiger partial charge in [0.1, 0.15) is 0 Å². The van der Waals surface area contributed by atoms with Gasteiger partial charge in [-0.05, 0) is 28.8 Å². The van der Waals surface area contributed by atoms with Gasteiger partial charge >= 0.3 is 0 Å². The minimum atomic E-state index is 0.588. The first-order valence-electron chi connectivity index (χ1n) is 4.97. The fourth-order valence-electron chi connectivity index (χ4n) is 1.82. The summed E-state index contributed by atoms with van der Waals surface area (Å²) in [6, 6.07) is 12.4. The highest BCUT2D eigenvalue weighted by Gasteiger charge is 2.01. The van der Waals surface area contributed by atoms with Crippen LogP contribution in [0.1, 0.15) is 11.1 Å². The lowest BCUT2D eigenvalue weighted by Gasteiger charge is -2.08. The standard InChI is InChI=1S/C13H13NO/c1-10-6-7-11(8-14-9-15)13-5-3-2-4-12(10)13/h2-7,9H,8H2,1H3,(H,14,15). The zero-order valence-corrected chi connectivity index (χ0v) is 8.66. The van der Waals surface area contributed by atoms with E-state index in [0.717, 1.165) is 12.0 Å². The first kappa shape index (κ1) is 9.71. The minimum absolute atomic E-state index is 0.588. The zero-order valence-electron chi connectivity index (χ0n) is 8.66. The topological polar surface area (TPSA) is 29.1 Å². The Morgan fingerprint density at radius 2 is 1.87 bits per heavy atom. The molecule has 0 fully saturated rings. The Hall–Kier alpha value is -1.83. The predicted molar refractivity (Wildman–Crippen MR) is 61.6 cm³/mol. The summed E-state index contributed by atoms with van der Waals surface area (Å²) in [4.78, 5) is 10.3. The number of rotatable bonds is 3. The van der Waals surface area contributed by atoms with Crippen molar-refractivity contribution in [2.45, 2.75) is 13.5 Å². The molecule has 2 rings (SSSR count). The van der Waals surface area contributed by atoms with E-state index < -0.39 is 0 Å². The lowest BCUT2D eigenvalue weighted by Crippen LogP contribution is -2.10. The molecular weight excluding hydrogens is 186 g/mol. The quantitative estimate of drug-likeness (QED) is 0.755. The van der Waals surface area contributed by atoms with E-state index in [1.807, 2.05) is 12.1 Å². The summed E-state index contributed by atoms with van der Waals surface area (Å²) in [5, 5.41) is 5.16. The van der Waals surface area contributed by atoms with E-state index in [4.69, 9.17) is 0 Å². The molecule has 0 aliphatic heterocycles. The van der Waals surface area contributed by atoms with E-state index >= 15 is 0 Å². The summed E-state index contributed by atoms with van der Waals surface area (Å²) in [6.07, 6.45) is 0.731. The summed E-state index contributed by atoms with van der Waals surface area (Å²) in [7, 11) is 0. The summed E-state index contributed by atoms with van der Waals surface area (Å²) in [5.74, 6) is 0. The van der Waals surface area contributed by atoms with E-state index in [0.29, 0.717) is 6.54 Å². The van der Waals surface area contributed by atoms with Gasteiger partial charge in [-0.15, -0.1) is 0 Å². The molecule has 15 heavy (non-hydrogen) atoms. The van der Waals surface area contributed by atoms with Crippen LogP contribution in [0, 0.1) is 6.92 Å². The second-order valence-electron chi connectivity index (χ2n) is 3.59. The van der Waals surface area contributed by atoms with Gasteiger partial charge in [-0.2, -0.15) is 0 Å². The van der Waals surface area contributed by atoms with Crippen LogP contribution in [0.3, 0.4) is 0 Å². The van der Waals surface area contributed by atoms with Crippen molar-refractivity contribution >= 4 is 17.2 Å². The maximum Gasteiger partial charge on any atom is 0.207 e. The van der Waals surface area contributed by atoms with Crippen molar-refractivity contribution in [1.82, 2.24) is 5.32 Å². The van der Waals surface area contributed by atoms with Crippen molar-refractivity contribution in [2.24, 2.45) is 0 Å². The third-order valence-corrected chi connectivity index (χ3v) is 2.61. The molecule has 0 aliphatic rings. The highest BCUT2D eigenvalue weighted by Crippen LogP contribution is 2.21. The lowest BCUT2D eigenvalue weighted by molar-refractivity contribution is -0.109. The van der Waals surface area contributed by atoms with Gasteiger partial charge in [0.05, 0.1) is 0 Å². The summed E-state index contributed by atoms with van der Waals surface area (Å²) < 4.78 is 0. The molecule has 2 heteroatoms. The van der Waals surface area contributed by atoms with E-state index in [9.17, 15) is 4.79 Å². The van der Waals surface area contributed by atoms with Gasteiger partial charge in [-0.1, -0.05) is 36.4 Å². The van der Waals surface area contributed by atoms with Crippen LogP contribution in [0.25, 0.3) is 10.8 Å². The molecule has 2 aromatic carbocycles. The van der Waals surface area contributed by atoms with Crippen molar-refractivity contribution < 1.29 is 4.79 Å². The van der Waals surface area contributed by atoms with E-state index in [-0.39, 0.29) is 0 Å². The largest absolute Gasteiger partial charge is 0.355 e. The number of amides is 1. The number of hydrogen-bond acceptors (Lipinski definition) is 1. The molecule has 0 aliphatic carbocycles. The molecule has 0 saturated carbocycles. The van der Waals surface area contributed by atoms with Gasteiger partial charge in [-0.3, -0.25) is 4.79 Å². The van der Waals surface area contributed by atoms with Crippen molar-refractivity contribution in [2.75, 3.05) is 0 Å². The Labute approximate surface area is 88.9 Å². The Bertz CT molecular complexity index is 491. The Morgan fingerprint density at radius 1 is 1.13 bits per heavy atom. The van der Waals surface area contributed by atoms with Crippen LogP contribution in [0.4, 0.5) is 0 Å². The number of aryl methyl sites for hydroxylation is 1. The molecule has 1 amide bonds. The molecule has 2 nitrogen and oxygen atoms in total. The number of carbonyl (C=O) groups excluding carboxylic acids is 1. The van der Waals surface area contributed by atoms with Crippen molar-refractivity contribution in [3.8, 4) is 0 Å². The van der Waals surface area contributed by atoms with Gasteiger partial charge in [0.25, 0.3) is 0 Å². The lowest BCUT2D eigenvalue weighted by atomic mass is 10.0. The third kappa shape index (κ3) is 1.84. The number of nitrogens with one attached hydrogen (secondary N) is 1. The second-order valence-corrected chi connectivity index (χ2v) is 3.59. The molecule has 0 spiro atoms. The molecule has 0 radical (unpaired) electrons. The first-order chi connectivity index (χ1) is 7.33. The number of fused-ring (bicyclic) bond motifs is 1. The third-order valence-electron chi connectivity index (χ3n) is 2.61. The second kappa shape index (κ2) is 4.13. The monoisotopic (exact) mass is 199 g/mol. The summed E-state index contributed by atoms with van der Waals surface area (Å²) in [6.45, 7) is 2.68. The molecule has 0 heterocycles. The molecule has 0 saturated heterocycles. The average molecular weight is 199 g/mol. The van der Waals surface area contributed by atoms with Crippen molar-refractivity contribution in [1.29, 1.82) is 0 Å². The summed E-state index contributed by atoms with van der Waals surface area (Å²) in [5.41, 5.74) is 2.42. The number of benzene rings is 2. The Kier molecular flexibility index (Phi) is 2.68. The van der Waals surface area contributed by atoms with Crippen LogP contribution in [-0.4, -0.2) is 6.41 Å².